The molecule has 0 unspecified atom stereocenters. The fourth-order valence-corrected chi connectivity index (χ4v) is 3.19. The molecule has 1 aromatic heterocycles. The molecular formula is C13H14BrNO2S. The molecule has 2 N–H and O–H groups in total. The Morgan fingerprint density at radius 2 is 2.06 bits per heavy atom. The summed E-state index contributed by atoms with van der Waals surface area (Å²) in [6.45, 7) is 0.560. The minimum atomic E-state index is 0.560. The van der Waals surface area contributed by atoms with Crippen LogP contribution in [0.3, 0.4) is 0 Å². The maximum absolute atomic E-state index is 5.64. The van der Waals surface area contributed by atoms with Crippen molar-refractivity contribution in [2.45, 2.75) is 6.54 Å². The van der Waals surface area contributed by atoms with Crippen molar-refractivity contribution in [3.63, 3.8) is 0 Å². The van der Waals surface area contributed by atoms with Gasteiger partial charge in [0, 0.05) is 17.0 Å². The molecule has 0 amide bonds. The van der Waals surface area contributed by atoms with E-state index in [-0.39, 0.29) is 0 Å². The van der Waals surface area contributed by atoms with E-state index in [4.69, 9.17) is 15.2 Å². The van der Waals surface area contributed by atoms with Crippen molar-refractivity contribution in [2.24, 2.45) is 5.73 Å². The molecule has 1 heterocycles. The van der Waals surface area contributed by atoms with Crippen molar-refractivity contribution in [1.82, 2.24) is 0 Å². The highest BCUT2D eigenvalue weighted by Gasteiger charge is 2.14. The SMILES string of the molecule is COc1ccc(-c2csc(CN)c2)c(OC)c1Br. The van der Waals surface area contributed by atoms with Gasteiger partial charge < -0.3 is 15.2 Å². The number of methoxy groups -OCH3 is 2. The molecule has 0 radical (unpaired) electrons. The lowest BCUT2D eigenvalue weighted by atomic mass is 10.1. The summed E-state index contributed by atoms with van der Waals surface area (Å²) in [7, 11) is 3.29. The van der Waals surface area contributed by atoms with Crippen LogP contribution in [0.1, 0.15) is 4.88 Å². The maximum atomic E-state index is 5.64. The molecule has 0 saturated carbocycles. The Morgan fingerprint density at radius 1 is 1.28 bits per heavy atom. The number of halogens is 1. The molecule has 2 rings (SSSR count). The van der Waals surface area contributed by atoms with Gasteiger partial charge in [0.2, 0.25) is 0 Å². The van der Waals surface area contributed by atoms with Crippen LogP contribution in [-0.2, 0) is 6.54 Å². The number of nitrogens with two attached hydrogens (primary N) is 1. The van der Waals surface area contributed by atoms with E-state index in [2.05, 4.69) is 27.4 Å². The first-order valence-corrected chi connectivity index (χ1v) is 7.06. The van der Waals surface area contributed by atoms with Crippen LogP contribution in [-0.4, -0.2) is 14.2 Å². The molecule has 0 atom stereocenters. The van der Waals surface area contributed by atoms with Crippen molar-refractivity contribution in [3.8, 4) is 22.6 Å². The third kappa shape index (κ3) is 2.39. The van der Waals surface area contributed by atoms with E-state index in [0.29, 0.717) is 6.54 Å². The first kappa shape index (κ1) is 13.4. The second-order valence-electron chi connectivity index (χ2n) is 3.67. The van der Waals surface area contributed by atoms with Crippen molar-refractivity contribution < 1.29 is 9.47 Å². The molecular weight excluding hydrogens is 314 g/mol. The Hall–Kier alpha value is -1.04. The summed E-state index contributed by atoms with van der Waals surface area (Å²) < 4.78 is 11.5. The lowest BCUT2D eigenvalue weighted by Crippen LogP contribution is -1.93. The van der Waals surface area contributed by atoms with E-state index in [1.54, 1.807) is 25.6 Å². The average molecular weight is 328 g/mol. The van der Waals surface area contributed by atoms with Crippen LogP contribution >= 0.6 is 27.3 Å². The van der Waals surface area contributed by atoms with E-state index in [1.165, 1.54) is 0 Å². The fourth-order valence-electron chi connectivity index (χ4n) is 1.75. The summed E-state index contributed by atoms with van der Waals surface area (Å²) in [4.78, 5) is 1.15. The monoisotopic (exact) mass is 327 g/mol. The van der Waals surface area contributed by atoms with Gasteiger partial charge in [0.05, 0.1) is 14.2 Å². The molecule has 96 valence electrons. The summed E-state index contributed by atoms with van der Waals surface area (Å²) in [5.41, 5.74) is 7.78. The van der Waals surface area contributed by atoms with Gasteiger partial charge >= 0.3 is 0 Å². The van der Waals surface area contributed by atoms with E-state index < -0.39 is 0 Å². The molecule has 0 aliphatic carbocycles. The lowest BCUT2D eigenvalue weighted by molar-refractivity contribution is 0.390. The number of hydrogen-bond acceptors (Lipinski definition) is 4. The Labute approximate surface area is 119 Å². The van der Waals surface area contributed by atoms with Crippen LogP contribution in [0.4, 0.5) is 0 Å². The van der Waals surface area contributed by atoms with Gasteiger partial charge in [-0.2, -0.15) is 0 Å². The Kier molecular flexibility index (Phi) is 4.27. The summed E-state index contributed by atoms with van der Waals surface area (Å²) in [5.74, 6) is 1.53. The van der Waals surface area contributed by atoms with Gasteiger partial charge in [0.1, 0.15) is 16.0 Å². The third-order valence-corrected chi connectivity index (χ3v) is 4.36. The third-order valence-electron chi connectivity index (χ3n) is 2.65. The summed E-state index contributed by atoms with van der Waals surface area (Å²) in [6, 6.07) is 5.99. The molecule has 0 spiro atoms. The van der Waals surface area contributed by atoms with Crippen molar-refractivity contribution in [1.29, 1.82) is 0 Å². The lowest BCUT2D eigenvalue weighted by Gasteiger charge is -2.12. The first-order chi connectivity index (χ1) is 8.71. The number of thiophene rings is 1. The molecule has 3 nitrogen and oxygen atoms in total. The first-order valence-electron chi connectivity index (χ1n) is 5.39. The standard InChI is InChI=1S/C13H14BrNO2S/c1-16-11-4-3-10(13(17-2)12(11)14)8-5-9(6-15)18-7-8/h3-5,7H,6,15H2,1-2H3. The summed E-state index contributed by atoms with van der Waals surface area (Å²) in [5, 5.41) is 2.08. The number of rotatable bonds is 4. The largest absolute Gasteiger partial charge is 0.495 e. The predicted molar refractivity (Wildman–Crippen MR) is 78.5 cm³/mol. The molecule has 0 bridgehead atoms. The Bertz CT molecular complexity index is 554. The van der Waals surface area contributed by atoms with Gasteiger partial charge in [0.25, 0.3) is 0 Å². The number of hydrogen-bond donors (Lipinski definition) is 1. The van der Waals surface area contributed by atoms with Gasteiger partial charge in [0.15, 0.2) is 0 Å². The van der Waals surface area contributed by atoms with Crippen LogP contribution in [0.5, 0.6) is 11.5 Å². The average Bonchev–Trinajstić information content (AvgIpc) is 2.87. The number of ether oxygens (including phenoxy) is 2. The second kappa shape index (κ2) is 5.73. The highest BCUT2D eigenvalue weighted by atomic mass is 79.9. The summed E-state index contributed by atoms with van der Waals surface area (Å²) >= 11 is 5.15. The molecule has 0 aliphatic heterocycles. The zero-order chi connectivity index (χ0) is 13.1. The van der Waals surface area contributed by atoms with E-state index in [1.807, 2.05) is 12.1 Å². The second-order valence-corrected chi connectivity index (χ2v) is 5.46. The van der Waals surface area contributed by atoms with Crippen LogP contribution in [0.2, 0.25) is 0 Å². The zero-order valence-electron chi connectivity index (χ0n) is 10.2. The van der Waals surface area contributed by atoms with Crippen LogP contribution < -0.4 is 15.2 Å². The highest BCUT2D eigenvalue weighted by Crippen LogP contribution is 2.42. The maximum Gasteiger partial charge on any atom is 0.144 e. The Morgan fingerprint density at radius 3 is 2.61 bits per heavy atom. The highest BCUT2D eigenvalue weighted by molar-refractivity contribution is 9.10. The van der Waals surface area contributed by atoms with Gasteiger partial charge in [-0.3, -0.25) is 0 Å². The molecule has 2 aromatic rings. The molecule has 0 fully saturated rings. The quantitative estimate of drug-likeness (QED) is 0.932. The van der Waals surface area contributed by atoms with E-state index in [0.717, 1.165) is 32.0 Å². The van der Waals surface area contributed by atoms with Crippen LogP contribution in [0.25, 0.3) is 11.1 Å². The molecule has 0 aliphatic rings. The molecule has 1 aromatic carbocycles. The van der Waals surface area contributed by atoms with Gasteiger partial charge in [-0.15, -0.1) is 11.3 Å². The van der Waals surface area contributed by atoms with Gasteiger partial charge in [-0.25, -0.2) is 0 Å². The van der Waals surface area contributed by atoms with Crippen molar-refractivity contribution >= 4 is 27.3 Å². The van der Waals surface area contributed by atoms with E-state index in [9.17, 15) is 0 Å². The number of benzene rings is 1. The Balaban J connectivity index is 2.53. The topological polar surface area (TPSA) is 44.5 Å². The zero-order valence-corrected chi connectivity index (χ0v) is 12.6. The summed E-state index contributed by atoms with van der Waals surface area (Å²) in [6.07, 6.45) is 0. The van der Waals surface area contributed by atoms with E-state index >= 15 is 0 Å². The normalized spacial score (nSPS) is 10.4. The van der Waals surface area contributed by atoms with Crippen LogP contribution in [0, 0.1) is 0 Å². The smallest absolute Gasteiger partial charge is 0.144 e. The molecule has 0 saturated heterocycles. The molecule has 18 heavy (non-hydrogen) atoms. The van der Waals surface area contributed by atoms with Crippen LogP contribution in [0.15, 0.2) is 28.1 Å². The molecule has 5 heteroatoms. The van der Waals surface area contributed by atoms with Gasteiger partial charge in [-0.1, -0.05) is 0 Å². The van der Waals surface area contributed by atoms with Gasteiger partial charge in [-0.05, 0) is 45.1 Å². The predicted octanol–water partition coefficient (Wildman–Crippen LogP) is 3.65. The minimum Gasteiger partial charge on any atom is -0.495 e. The van der Waals surface area contributed by atoms with Crippen molar-refractivity contribution in [2.75, 3.05) is 14.2 Å². The van der Waals surface area contributed by atoms with Crippen molar-refractivity contribution in [3.05, 3.63) is 32.9 Å². The minimum absolute atomic E-state index is 0.560. The fraction of sp³-hybridized carbons (Fsp3) is 0.231.